The molecular formula is C14H18ClF2NO2. The lowest BCUT2D eigenvalue weighted by molar-refractivity contribution is -0.133. The van der Waals surface area contributed by atoms with Crippen LogP contribution in [-0.4, -0.2) is 42.9 Å². The summed E-state index contributed by atoms with van der Waals surface area (Å²) in [6, 6.07) is 9.52. The summed E-state index contributed by atoms with van der Waals surface area (Å²) in [5, 5.41) is 0. The van der Waals surface area contributed by atoms with Gasteiger partial charge in [-0.3, -0.25) is 4.79 Å². The van der Waals surface area contributed by atoms with Gasteiger partial charge in [-0.05, 0) is 5.56 Å². The van der Waals surface area contributed by atoms with Gasteiger partial charge in [-0.25, -0.2) is 8.78 Å². The number of hydrogen-bond donors (Lipinski definition) is 0. The van der Waals surface area contributed by atoms with E-state index < -0.39 is 13.0 Å². The average Bonchev–Trinajstić information content (AvgIpc) is 2.44. The van der Waals surface area contributed by atoms with Crippen molar-refractivity contribution in [2.45, 2.75) is 19.4 Å². The van der Waals surface area contributed by atoms with E-state index in [-0.39, 0.29) is 18.9 Å². The van der Waals surface area contributed by atoms with Crippen LogP contribution in [0.1, 0.15) is 12.0 Å². The number of carbonyl (C=O) groups excluding carboxylic acids is 1. The number of carbonyl (C=O) groups is 1. The molecule has 0 heterocycles. The van der Waals surface area contributed by atoms with Crippen molar-refractivity contribution in [3.05, 3.63) is 35.9 Å². The fourth-order valence-electron chi connectivity index (χ4n) is 1.69. The molecule has 0 aliphatic heterocycles. The Morgan fingerprint density at radius 1 is 1.30 bits per heavy atom. The summed E-state index contributed by atoms with van der Waals surface area (Å²) in [7, 11) is 0. The van der Waals surface area contributed by atoms with E-state index in [4.69, 9.17) is 16.3 Å². The van der Waals surface area contributed by atoms with Crippen LogP contribution in [0.3, 0.4) is 0 Å². The van der Waals surface area contributed by atoms with Gasteiger partial charge in [-0.2, -0.15) is 0 Å². The molecule has 1 rings (SSSR count). The first-order valence-corrected chi connectivity index (χ1v) is 6.90. The Bertz CT molecular complexity index is 390. The van der Waals surface area contributed by atoms with Gasteiger partial charge in [-0.1, -0.05) is 30.3 Å². The van der Waals surface area contributed by atoms with Gasteiger partial charge in [0.15, 0.2) is 0 Å². The fraction of sp³-hybridized carbons (Fsp3) is 0.500. The summed E-state index contributed by atoms with van der Waals surface area (Å²) in [4.78, 5) is 13.6. The Labute approximate surface area is 122 Å². The smallest absolute Gasteiger partial charge is 0.261 e. The average molecular weight is 306 g/mol. The van der Waals surface area contributed by atoms with Crippen LogP contribution in [0.15, 0.2) is 30.3 Å². The highest BCUT2D eigenvalue weighted by Crippen LogP contribution is 2.07. The Balaban J connectivity index is 2.42. The van der Waals surface area contributed by atoms with Crippen LogP contribution in [0.2, 0.25) is 0 Å². The van der Waals surface area contributed by atoms with Crippen molar-refractivity contribution in [2.75, 3.05) is 25.6 Å². The van der Waals surface area contributed by atoms with Crippen molar-refractivity contribution < 1.29 is 18.3 Å². The minimum atomic E-state index is -2.51. The lowest BCUT2D eigenvalue weighted by atomic mass is 10.2. The molecule has 1 aromatic carbocycles. The van der Waals surface area contributed by atoms with Crippen LogP contribution >= 0.6 is 11.6 Å². The molecule has 20 heavy (non-hydrogen) atoms. The van der Waals surface area contributed by atoms with Gasteiger partial charge in [0.1, 0.15) is 6.61 Å². The zero-order valence-corrected chi connectivity index (χ0v) is 11.9. The third kappa shape index (κ3) is 6.82. The summed E-state index contributed by atoms with van der Waals surface area (Å²) >= 11 is 5.69. The monoisotopic (exact) mass is 305 g/mol. The molecule has 112 valence electrons. The predicted octanol–water partition coefficient (Wildman–Crippen LogP) is 2.93. The maximum absolute atomic E-state index is 12.0. The molecule has 0 fully saturated rings. The third-order valence-electron chi connectivity index (χ3n) is 2.63. The van der Waals surface area contributed by atoms with Crippen molar-refractivity contribution in [3.8, 4) is 0 Å². The zero-order valence-electron chi connectivity index (χ0n) is 11.1. The van der Waals surface area contributed by atoms with Crippen LogP contribution < -0.4 is 0 Å². The lowest BCUT2D eigenvalue weighted by Crippen LogP contribution is -2.33. The second kappa shape index (κ2) is 9.66. The number of alkyl halides is 3. The van der Waals surface area contributed by atoms with Crippen LogP contribution in [0.5, 0.6) is 0 Å². The second-order valence-electron chi connectivity index (χ2n) is 4.21. The molecule has 0 unspecified atom stereocenters. The summed E-state index contributed by atoms with van der Waals surface area (Å²) in [6.07, 6.45) is -2.43. The summed E-state index contributed by atoms with van der Waals surface area (Å²) < 4.78 is 28.5. The number of halogens is 3. The van der Waals surface area contributed by atoms with Gasteiger partial charge in [0.05, 0.1) is 13.0 Å². The van der Waals surface area contributed by atoms with E-state index in [0.717, 1.165) is 5.56 Å². The lowest BCUT2D eigenvalue weighted by Gasteiger charge is -2.22. The molecule has 3 nitrogen and oxygen atoms in total. The van der Waals surface area contributed by atoms with E-state index in [1.807, 2.05) is 30.3 Å². The summed E-state index contributed by atoms with van der Waals surface area (Å²) in [6.45, 7) is 0.240. The Morgan fingerprint density at radius 2 is 2.00 bits per heavy atom. The normalized spacial score (nSPS) is 10.8. The van der Waals surface area contributed by atoms with Crippen molar-refractivity contribution in [3.63, 3.8) is 0 Å². The number of nitrogens with zero attached hydrogens (tertiary/aromatic N) is 1. The maximum Gasteiger partial charge on any atom is 0.261 e. The van der Waals surface area contributed by atoms with Crippen LogP contribution in [0.25, 0.3) is 0 Å². The quantitative estimate of drug-likeness (QED) is 0.518. The van der Waals surface area contributed by atoms with Crippen molar-refractivity contribution in [1.29, 1.82) is 0 Å². The van der Waals surface area contributed by atoms with Crippen molar-refractivity contribution in [2.24, 2.45) is 0 Å². The molecule has 0 spiro atoms. The van der Waals surface area contributed by atoms with Crippen molar-refractivity contribution in [1.82, 2.24) is 4.90 Å². The molecule has 0 aliphatic rings. The molecule has 6 heteroatoms. The molecule has 0 saturated heterocycles. The molecule has 0 saturated carbocycles. The predicted molar refractivity (Wildman–Crippen MR) is 74.0 cm³/mol. The van der Waals surface area contributed by atoms with Gasteiger partial charge in [0.2, 0.25) is 5.91 Å². The SMILES string of the molecule is O=C(CCOCC(F)F)N(CCCl)Cc1ccccc1. The second-order valence-corrected chi connectivity index (χ2v) is 4.58. The molecule has 1 amide bonds. The zero-order chi connectivity index (χ0) is 14.8. The molecule has 0 bridgehead atoms. The highest BCUT2D eigenvalue weighted by molar-refractivity contribution is 6.18. The first kappa shape index (κ1) is 16.9. The maximum atomic E-state index is 12.0. The van der Waals surface area contributed by atoms with Crippen LogP contribution in [0.4, 0.5) is 8.78 Å². The van der Waals surface area contributed by atoms with E-state index in [1.165, 1.54) is 0 Å². The van der Waals surface area contributed by atoms with E-state index in [9.17, 15) is 13.6 Å². The highest BCUT2D eigenvalue weighted by Gasteiger charge is 2.13. The van der Waals surface area contributed by atoms with Gasteiger partial charge < -0.3 is 9.64 Å². The van der Waals surface area contributed by atoms with Crippen molar-refractivity contribution >= 4 is 17.5 Å². The van der Waals surface area contributed by atoms with E-state index in [0.29, 0.717) is 19.0 Å². The minimum absolute atomic E-state index is 0.00323. The van der Waals surface area contributed by atoms with E-state index in [1.54, 1.807) is 4.90 Å². The number of hydrogen-bond acceptors (Lipinski definition) is 2. The first-order chi connectivity index (χ1) is 9.63. The molecular weight excluding hydrogens is 288 g/mol. The molecule has 1 aromatic rings. The van der Waals surface area contributed by atoms with Crippen LogP contribution in [0, 0.1) is 0 Å². The van der Waals surface area contributed by atoms with Gasteiger partial charge in [-0.15, -0.1) is 11.6 Å². The topological polar surface area (TPSA) is 29.5 Å². The van der Waals surface area contributed by atoms with Gasteiger partial charge in [0, 0.05) is 19.0 Å². The standard InChI is InChI=1S/C14H18ClF2NO2/c15-7-8-18(10-12-4-2-1-3-5-12)14(19)6-9-20-11-13(16)17/h1-5,13H,6-11H2. The van der Waals surface area contributed by atoms with E-state index in [2.05, 4.69) is 0 Å². The molecule has 0 aromatic heterocycles. The van der Waals surface area contributed by atoms with Gasteiger partial charge in [0.25, 0.3) is 6.43 Å². The van der Waals surface area contributed by atoms with Crippen LogP contribution in [-0.2, 0) is 16.1 Å². The van der Waals surface area contributed by atoms with E-state index >= 15 is 0 Å². The molecule has 0 radical (unpaired) electrons. The summed E-state index contributed by atoms with van der Waals surface area (Å²) in [5.41, 5.74) is 1.000. The number of ether oxygens (including phenoxy) is 1. The molecule has 0 atom stereocenters. The first-order valence-electron chi connectivity index (χ1n) is 6.37. The number of benzene rings is 1. The number of amides is 1. The summed E-state index contributed by atoms with van der Waals surface area (Å²) in [5.74, 6) is 0.181. The molecule has 0 aliphatic carbocycles. The largest absolute Gasteiger partial charge is 0.375 e. The Hall–Kier alpha value is -1.20. The third-order valence-corrected chi connectivity index (χ3v) is 2.80. The minimum Gasteiger partial charge on any atom is -0.375 e. The Morgan fingerprint density at radius 3 is 2.60 bits per heavy atom. The van der Waals surface area contributed by atoms with Gasteiger partial charge >= 0.3 is 0 Å². The fourth-order valence-corrected chi connectivity index (χ4v) is 1.89. The molecule has 0 N–H and O–H groups in total. The number of rotatable bonds is 9. The Kier molecular flexibility index (Phi) is 8.14. The highest BCUT2D eigenvalue weighted by atomic mass is 35.5.